The molecule has 2 aliphatic rings. The summed E-state index contributed by atoms with van der Waals surface area (Å²) in [6.45, 7) is 14.2. The maximum atomic E-state index is 13.4. The van der Waals surface area contributed by atoms with Gasteiger partial charge in [0.2, 0.25) is 5.95 Å². The van der Waals surface area contributed by atoms with Gasteiger partial charge < -0.3 is 29.6 Å². The lowest BCUT2D eigenvalue weighted by molar-refractivity contribution is 0.128. The molecule has 11 nitrogen and oxygen atoms in total. The van der Waals surface area contributed by atoms with Gasteiger partial charge in [-0.2, -0.15) is 10.1 Å². The van der Waals surface area contributed by atoms with Crippen molar-refractivity contribution in [3.63, 3.8) is 0 Å². The van der Waals surface area contributed by atoms with E-state index in [-0.39, 0.29) is 5.54 Å². The molecule has 3 heterocycles. The summed E-state index contributed by atoms with van der Waals surface area (Å²) in [7, 11) is 0.584. The normalized spacial score (nSPS) is 15.9. The highest BCUT2D eigenvalue weighted by Crippen LogP contribution is 2.48. The van der Waals surface area contributed by atoms with E-state index in [9.17, 15) is 4.57 Å². The molecule has 0 radical (unpaired) electrons. The average Bonchev–Trinajstić information content (AvgIpc) is 3.77. The van der Waals surface area contributed by atoms with Crippen LogP contribution in [0, 0.1) is 0 Å². The second-order valence-electron chi connectivity index (χ2n) is 13.5. The second-order valence-corrected chi connectivity index (χ2v) is 17.1. The molecule has 1 aliphatic carbocycles. The molecule has 1 saturated carbocycles. The van der Waals surface area contributed by atoms with Crippen LogP contribution in [0.15, 0.2) is 48.9 Å². The van der Waals surface area contributed by atoms with Gasteiger partial charge in [-0.15, -0.1) is 0 Å². The van der Waals surface area contributed by atoms with Crippen LogP contribution in [0.3, 0.4) is 0 Å². The van der Waals surface area contributed by atoms with Crippen molar-refractivity contribution in [3.8, 4) is 17.2 Å². The van der Waals surface area contributed by atoms with Gasteiger partial charge in [-0.1, -0.05) is 11.6 Å². The van der Waals surface area contributed by atoms with Crippen LogP contribution in [-0.2, 0) is 4.57 Å². The van der Waals surface area contributed by atoms with Crippen molar-refractivity contribution in [3.05, 3.63) is 59.5 Å². The Hall–Kier alpha value is -3.79. The Kier molecular flexibility index (Phi) is 9.17. The van der Waals surface area contributed by atoms with Crippen LogP contribution in [-0.4, -0.2) is 83.9 Å². The standard InChI is InChI=1S/C34H44ClN8O3P/c1-34(2,3)42-14-12-41(13-15-42)29-17-25(22-8-9-22)28(18-30(29)46-5)39-33-36-20-26(35)32(40-33)38-27-11-10-23(16-31(27)47(6,7)44)43-21-24(45-4)19-37-43/h10-11,16-22H,8-9,12-15H2,1-7H3,(H2,36,38,39,40). The minimum absolute atomic E-state index is 0.155. The molecule has 13 heteroatoms. The maximum absolute atomic E-state index is 13.4. The highest BCUT2D eigenvalue weighted by Gasteiger charge is 2.31. The highest BCUT2D eigenvalue weighted by molar-refractivity contribution is 7.70. The summed E-state index contributed by atoms with van der Waals surface area (Å²) in [4.78, 5) is 14.2. The summed E-state index contributed by atoms with van der Waals surface area (Å²) in [5.74, 6) is 2.72. The minimum Gasteiger partial charge on any atom is -0.495 e. The van der Waals surface area contributed by atoms with Gasteiger partial charge in [0.15, 0.2) is 11.6 Å². The lowest BCUT2D eigenvalue weighted by Gasteiger charge is -2.43. The third kappa shape index (κ3) is 7.37. The fourth-order valence-corrected chi connectivity index (χ4v) is 7.28. The number of halogens is 1. The van der Waals surface area contributed by atoms with Crippen molar-refractivity contribution in [2.75, 3.05) is 69.3 Å². The van der Waals surface area contributed by atoms with Crippen molar-refractivity contribution in [1.29, 1.82) is 0 Å². The number of anilines is 5. The third-order valence-corrected chi connectivity index (χ3v) is 10.6. The predicted octanol–water partition coefficient (Wildman–Crippen LogP) is 6.87. The number of rotatable bonds is 10. The molecule has 1 aliphatic heterocycles. The smallest absolute Gasteiger partial charge is 0.229 e. The first-order valence-corrected chi connectivity index (χ1v) is 18.9. The van der Waals surface area contributed by atoms with Crippen molar-refractivity contribution in [2.45, 2.75) is 45.1 Å². The van der Waals surface area contributed by atoms with E-state index in [0.717, 1.165) is 61.8 Å². The molecular formula is C34H44ClN8O3P. The van der Waals surface area contributed by atoms with Crippen LogP contribution < -0.4 is 30.3 Å². The van der Waals surface area contributed by atoms with Crippen LogP contribution in [0.2, 0.25) is 5.02 Å². The minimum atomic E-state index is -2.73. The summed E-state index contributed by atoms with van der Waals surface area (Å²) in [5, 5.41) is 12.1. The Balaban J connectivity index is 1.27. The van der Waals surface area contributed by atoms with Crippen molar-refractivity contribution in [2.24, 2.45) is 0 Å². The molecule has 4 aromatic rings. The summed E-state index contributed by atoms with van der Waals surface area (Å²) in [5.41, 5.74) is 4.83. The summed E-state index contributed by atoms with van der Waals surface area (Å²) in [6, 6.07) is 9.96. The first-order chi connectivity index (χ1) is 22.3. The number of ether oxygens (including phenoxy) is 2. The van der Waals surface area contributed by atoms with E-state index in [1.165, 1.54) is 5.56 Å². The van der Waals surface area contributed by atoms with Crippen LogP contribution in [0.25, 0.3) is 5.69 Å². The summed E-state index contributed by atoms with van der Waals surface area (Å²) >= 11 is 6.60. The Morgan fingerprint density at radius 2 is 1.70 bits per heavy atom. The Labute approximate surface area is 282 Å². The predicted molar refractivity (Wildman–Crippen MR) is 191 cm³/mol. The summed E-state index contributed by atoms with van der Waals surface area (Å²) < 4.78 is 26.3. The fourth-order valence-electron chi connectivity index (χ4n) is 5.98. The number of piperazine rings is 1. The number of hydrogen-bond donors (Lipinski definition) is 2. The van der Waals surface area contributed by atoms with Gasteiger partial charge in [-0.3, -0.25) is 4.90 Å². The van der Waals surface area contributed by atoms with E-state index >= 15 is 0 Å². The summed E-state index contributed by atoms with van der Waals surface area (Å²) in [6.07, 6.45) is 7.25. The lowest BCUT2D eigenvalue weighted by Crippen LogP contribution is -2.53. The van der Waals surface area contributed by atoms with Crippen molar-refractivity contribution < 1.29 is 14.0 Å². The first kappa shape index (κ1) is 33.1. The zero-order chi connectivity index (χ0) is 33.5. The molecule has 0 atom stereocenters. The molecule has 47 heavy (non-hydrogen) atoms. The molecule has 2 aromatic heterocycles. The van der Waals surface area contributed by atoms with Crippen LogP contribution in [0.4, 0.5) is 28.8 Å². The monoisotopic (exact) mass is 678 g/mol. The van der Waals surface area contributed by atoms with Crippen LogP contribution >= 0.6 is 18.7 Å². The number of hydrogen-bond acceptors (Lipinski definition) is 10. The number of benzene rings is 2. The van der Waals surface area contributed by atoms with Crippen LogP contribution in [0.5, 0.6) is 11.5 Å². The third-order valence-electron chi connectivity index (χ3n) is 8.80. The number of aromatic nitrogens is 4. The second kappa shape index (κ2) is 13.0. The molecule has 250 valence electrons. The van der Waals surface area contributed by atoms with E-state index in [4.69, 9.17) is 26.1 Å². The van der Waals surface area contributed by atoms with Gasteiger partial charge in [0, 0.05) is 48.8 Å². The molecule has 0 unspecified atom stereocenters. The highest BCUT2D eigenvalue weighted by atomic mass is 35.5. The molecule has 0 bridgehead atoms. The molecule has 1 saturated heterocycles. The molecule has 6 rings (SSSR count). The zero-order valence-electron chi connectivity index (χ0n) is 28.2. The average molecular weight is 679 g/mol. The maximum Gasteiger partial charge on any atom is 0.229 e. The number of methoxy groups -OCH3 is 2. The zero-order valence-corrected chi connectivity index (χ0v) is 29.8. The van der Waals surface area contributed by atoms with Gasteiger partial charge in [0.25, 0.3) is 0 Å². The molecule has 0 amide bonds. The van der Waals surface area contributed by atoms with Crippen molar-refractivity contribution >= 4 is 52.9 Å². The lowest BCUT2D eigenvalue weighted by atomic mass is 10.0. The van der Waals surface area contributed by atoms with Gasteiger partial charge in [-0.25, -0.2) is 9.67 Å². The molecule has 2 aromatic carbocycles. The Morgan fingerprint density at radius 3 is 2.32 bits per heavy atom. The van der Waals surface area contributed by atoms with E-state index in [0.29, 0.717) is 39.4 Å². The quantitative estimate of drug-likeness (QED) is 0.173. The van der Waals surface area contributed by atoms with Crippen molar-refractivity contribution in [1.82, 2.24) is 24.6 Å². The number of nitrogens with zero attached hydrogens (tertiary/aromatic N) is 6. The van der Waals surface area contributed by atoms with Gasteiger partial charge in [0.05, 0.1) is 49.9 Å². The van der Waals surface area contributed by atoms with E-state index in [1.807, 2.05) is 18.2 Å². The van der Waals surface area contributed by atoms with Crippen LogP contribution in [0.1, 0.15) is 45.1 Å². The van der Waals surface area contributed by atoms with E-state index in [2.05, 4.69) is 63.4 Å². The SMILES string of the molecule is COc1cnn(-c2ccc(Nc3nc(Nc4cc(OC)c(N5CCN(C(C)(C)C)CC5)cc4C4CC4)ncc3Cl)c(P(C)(C)=O)c2)c1. The fraction of sp³-hybridized carbons (Fsp3) is 0.441. The van der Waals surface area contributed by atoms with Gasteiger partial charge in [-0.05, 0) is 82.7 Å². The van der Waals surface area contributed by atoms with E-state index in [1.54, 1.807) is 50.8 Å². The molecule has 2 fully saturated rings. The largest absolute Gasteiger partial charge is 0.495 e. The first-order valence-electron chi connectivity index (χ1n) is 15.9. The molecule has 2 N–H and O–H groups in total. The molecule has 0 spiro atoms. The molecular weight excluding hydrogens is 635 g/mol. The topological polar surface area (TPSA) is 110 Å². The van der Waals surface area contributed by atoms with E-state index < -0.39 is 7.14 Å². The Bertz CT molecular complexity index is 1810. The number of nitrogens with one attached hydrogen (secondary N) is 2. The van der Waals surface area contributed by atoms with Gasteiger partial charge in [0.1, 0.15) is 17.9 Å². The van der Waals surface area contributed by atoms with Gasteiger partial charge >= 0.3 is 0 Å². The Morgan fingerprint density at radius 1 is 0.957 bits per heavy atom.